The number of para-hydroxylation sites is 1. The highest BCUT2D eigenvalue weighted by atomic mass is 16.5. The summed E-state index contributed by atoms with van der Waals surface area (Å²) in [5.74, 6) is -0.0126. The lowest BCUT2D eigenvalue weighted by Gasteiger charge is -2.40. The number of anilines is 2. The van der Waals surface area contributed by atoms with Crippen LogP contribution in [-0.2, 0) is 4.79 Å². The maximum Gasteiger partial charge on any atom is 0.264 e. The molecule has 9 heteroatoms. The van der Waals surface area contributed by atoms with E-state index >= 15 is 0 Å². The maximum atomic E-state index is 13.7. The van der Waals surface area contributed by atoms with Gasteiger partial charge in [-0.3, -0.25) is 19.3 Å². The molecular weight excluding hydrogens is 472 g/mol. The Bertz CT molecular complexity index is 1580. The maximum absolute atomic E-state index is 13.7. The summed E-state index contributed by atoms with van der Waals surface area (Å²) in [6.45, 7) is 0.115. The lowest BCUT2D eigenvalue weighted by Crippen LogP contribution is -2.49. The number of nitrogens with zero attached hydrogens (tertiary/aromatic N) is 2. The summed E-state index contributed by atoms with van der Waals surface area (Å²) < 4.78 is 11.0. The van der Waals surface area contributed by atoms with E-state index in [2.05, 4.69) is 10.3 Å². The average molecular weight is 497 g/mol. The number of methoxy groups -OCH3 is 2. The molecule has 9 nitrogen and oxygen atoms in total. The van der Waals surface area contributed by atoms with Gasteiger partial charge in [0.15, 0.2) is 11.5 Å². The minimum atomic E-state index is -0.703. The van der Waals surface area contributed by atoms with Crippen molar-refractivity contribution in [3.05, 3.63) is 83.6 Å². The predicted molar refractivity (Wildman–Crippen MR) is 138 cm³/mol. The van der Waals surface area contributed by atoms with E-state index in [4.69, 9.17) is 9.47 Å². The summed E-state index contributed by atoms with van der Waals surface area (Å²) in [5, 5.41) is 3.86. The smallest absolute Gasteiger partial charge is 0.264 e. The third kappa shape index (κ3) is 3.42. The number of nitrogens with one attached hydrogen (secondary N) is 2. The van der Waals surface area contributed by atoms with Gasteiger partial charge in [0.1, 0.15) is 6.17 Å². The first-order valence-electron chi connectivity index (χ1n) is 11.9. The van der Waals surface area contributed by atoms with Crippen LogP contribution in [0.25, 0.3) is 10.9 Å². The van der Waals surface area contributed by atoms with Crippen LogP contribution in [0.5, 0.6) is 11.5 Å². The Morgan fingerprint density at radius 1 is 0.973 bits per heavy atom. The number of carbonyl (C=O) groups excluding carboxylic acids is 3. The molecule has 1 aromatic heterocycles. The minimum Gasteiger partial charge on any atom is -0.493 e. The monoisotopic (exact) mass is 496 g/mol. The summed E-state index contributed by atoms with van der Waals surface area (Å²) in [6, 6.07) is 18.0. The van der Waals surface area contributed by atoms with E-state index in [1.54, 1.807) is 46.2 Å². The number of ether oxygens (including phenoxy) is 2. The van der Waals surface area contributed by atoms with E-state index in [0.29, 0.717) is 39.6 Å². The summed E-state index contributed by atoms with van der Waals surface area (Å²) in [7, 11) is 2.99. The quantitative estimate of drug-likeness (QED) is 0.414. The Kier molecular flexibility index (Phi) is 5.33. The van der Waals surface area contributed by atoms with Crippen LogP contribution in [0.3, 0.4) is 0 Å². The zero-order chi connectivity index (χ0) is 25.7. The first-order chi connectivity index (χ1) is 18.0. The number of rotatable bonds is 6. The first kappa shape index (κ1) is 22.7. The molecule has 3 aromatic carbocycles. The number of benzene rings is 3. The van der Waals surface area contributed by atoms with Gasteiger partial charge in [-0.15, -0.1) is 0 Å². The summed E-state index contributed by atoms with van der Waals surface area (Å²) in [5.41, 5.74) is 3.52. The molecule has 0 spiro atoms. The fraction of sp³-hybridized carbons (Fsp3) is 0.179. The molecule has 2 aliphatic heterocycles. The molecule has 0 saturated carbocycles. The van der Waals surface area contributed by atoms with Gasteiger partial charge in [0.05, 0.1) is 36.7 Å². The normalized spacial score (nSPS) is 15.9. The molecule has 0 saturated heterocycles. The third-order valence-corrected chi connectivity index (χ3v) is 6.93. The van der Waals surface area contributed by atoms with Crippen LogP contribution < -0.4 is 19.7 Å². The Hall–Kier alpha value is -4.79. The molecule has 0 aliphatic carbocycles. The number of amides is 3. The van der Waals surface area contributed by atoms with Crippen molar-refractivity contribution < 1.29 is 23.9 Å². The molecule has 0 bridgehead atoms. The van der Waals surface area contributed by atoms with Gasteiger partial charge in [-0.2, -0.15) is 0 Å². The molecule has 1 unspecified atom stereocenters. The molecule has 2 N–H and O–H groups in total. The number of fused-ring (bicyclic) bond motifs is 6. The summed E-state index contributed by atoms with van der Waals surface area (Å²) >= 11 is 0. The molecule has 37 heavy (non-hydrogen) atoms. The number of hydrogen-bond donors (Lipinski definition) is 2. The summed E-state index contributed by atoms with van der Waals surface area (Å²) in [6.07, 6.45) is 1.16. The van der Waals surface area contributed by atoms with Crippen LogP contribution in [0.2, 0.25) is 0 Å². The van der Waals surface area contributed by atoms with E-state index in [9.17, 15) is 14.4 Å². The predicted octanol–water partition coefficient (Wildman–Crippen LogP) is 4.33. The number of carbonyl (C=O) groups is 3. The highest BCUT2D eigenvalue weighted by Gasteiger charge is 2.49. The summed E-state index contributed by atoms with van der Waals surface area (Å²) in [4.78, 5) is 46.7. The van der Waals surface area contributed by atoms with Crippen molar-refractivity contribution in [2.24, 2.45) is 0 Å². The second kappa shape index (κ2) is 8.70. The van der Waals surface area contributed by atoms with Crippen LogP contribution in [0, 0.1) is 0 Å². The number of H-pyrrole nitrogens is 1. The standard InChI is InChI=1S/C28H24N4O5/c1-36-22-11-10-18-24(25(22)37-2)28(35)32-21-9-4-3-6-17(21)27(34)31(26(18)32)15-13-23(33)30-20-8-5-7-19-16(20)12-14-29-19/h3-12,14,26,29H,13,15H2,1-2H3,(H,30,33). The molecule has 4 aromatic rings. The highest BCUT2D eigenvalue weighted by molar-refractivity contribution is 6.18. The van der Waals surface area contributed by atoms with Crippen molar-refractivity contribution in [1.82, 2.24) is 9.88 Å². The number of hydrogen-bond acceptors (Lipinski definition) is 5. The molecule has 0 radical (unpaired) electrons. The SMILES string of the molecule is COc1ccc2c(c1OC)C(=O)N1c3ccccc3C(=O)N(CCC(=O)Nc3cccc4[nH]ccc34)C21. The van der Waals surface area contributed by atoms with E-state index in [-0.39, 0.29) is 30.7 Å². The van der Waals surface area contributed by atoms with Crippen LogP contribution in [0.15, 0.2) is 66.9 Å². The van der Waals surface area contributed by atoms with E-state index in [1.165, 1.54) is 14.2 Å². The van der Waals surface area contributed by atoms with Crippen molar-refractivity contribution in [3.63, 3.8) is 0 Å². The Morgan fingerprint density at radius 2 is 1.81 bits per heavy atom. The van der Waals surface area contributed by atoms with Crippen molar-refractivity contribution in [3.8, 4) is 11.5 Å². The van der Waals surface area contributed by atoms with Crippen molar-refractivity contribution in [1.29, 1.82) is 0 Å². The van der Waals surface area contributed by atoms with Gasteiger partial charge >= 0.3 is 0 Å². The van der Waals surface area contributed by atoms with Crippen molar-refractivity contribution >= 4 is 40.0 Å². The van der Waals surface area contributed by atoms with Crippen LogP contribution >= 0.6 is 0 Å². The highest BCUT2D eigenvalue weighted by Crippen LogP contribution is 2.49. The van der Waals surface area contributed by atoms with Crippen LogP contribution in [0.4, 0.5) is 11.4 Å². The van der Waals surface area contributed by atoms with Gasteiger partial charge < -0.3 is 24.7 Å². The van der Waals surface area contributed by atoms with E-state index in [0.717, 1.165) is 10.9 Å². The minimum absolute atomic E-state index is 0.0515. The zero-order valence-electron chi connectivity index (χ0n) is 20.3. The number of aromatic amines is 1. The molecule has 3 amide bonds. The average Bonchev–Trinajstić information content (AvgIpc) is 3.52. The lowest BCUT2D eigenvalue weighted by atomic mass is 10.0. The number of aromatic nitrogens is 1. The fourth-order valence-corrected chi connectivity index (χ4v) is 5.28. The van der Waals surface area contributed by atoms with Gasteiger partial charge in [0, 0.05) is 35.6 Å². The zero-order valence-corrected chi connectivity index (χ0v) is 20.3. The van der Waals surface area contributed by atoms with Crippen LogP contribution in [-0.4, -0.2) is 48.4 Å². The van der Waals surface area contributed by atoms with Crippen LogP contribution in [0.1, 0.15) is 38.9 Å². The van der Waals surface area contributed by atoms with Gasteiger partial charge in [-0.1, -0.05) is 24.3 Å². The second-order valence-electron chi connectivity index (χ2n) is 8.87. The van der Waals surface area contributed by atoms with E-state index in [1.807, 2.05) is 30.5 Å². The topological polar surface area (TPSA) is 104 Å². The molecule has 2 aliphatic rings. The van der Waals surface area contributed by atoms with Gasteiger partial charge in [-0.05, 0) is 36.4 Å². The Labute approximate surface area is 212 Å². The fourth-order valence-electron chi connectivity index (χ4n) is 5.28. The third-order valence-electron chi connectivity index (χ3n) is 6.93. The molecule has 3 heterocycles. The van der Waals surface area contributed by atoms with Gasteiger partial charge in [-0.25, -0.2) is 0 Å². The molecule has 1 atom stereocenters. The van der Waals surface area contributed by atoms with Gasteiger partial charge in [0.2, 0.25) is 5.91 Å². The molecular formula is C28H24N4O5. The molecule has 0 fully saturated rings. The Morgan fingerprint density at radius 3 is 2.62 bits per heavy atom. The second-order valence-corrected chi connectivity index (χ2v) is 8.87. The van der Waals surface area contributed by atoms with E-state index < -0.39 is 6.17 Å². The molecule has 186 valence electrons. The van der Waals surface area contributed by atoms with Crippen molar-refractivity contribution in [2.45, 2.75) is 12.6 Å². The van der Waals surface area contributed by atoms with Gasteiger partial charge in [0.25, 0.3) is 11.8 Å². The van der Waals surface area contributed by atoms with Crippen molar-refractivity contribution in [2.75, 3.05) is 31.0 Å². The Balaban J connectivity index is 1.35. The largest absolute Gasteiger partial charge is 0.493 e. The lowest BCUT2D eigenvalue weighted by molar-refractivity contribution is -0.116. The molecule has 6 rings (SSSR count). The first-order valence-corrected chi connectivity index (χ1v) is 11.9.